The molecule has 1 N–H and O–H groups in total. The Hall–Kier alpha value is -1.14. The van der Waals surface area contributed by atoms with Crippen LogP contribution in [0.25, 0.3) is 0 Å². The van der Waals surface area contributed by atoms with Gasteiger partial charge in [-0.2, -0.15) is 0 Å². The van der Waals surface area contributed by atoms with E-state index >= 15 is 0 Å². The van der Waals surface area contributed by atoms with E-state index in [4.69, 9.17) is 4.74 Å². The molecular weight excluding hydrogens is 274 g/mol. The first-order valence-electron chi connectivity index (χ1n) is 6.85. The van der Waals surface area contributed by atoms with Gasteiger partial charge in [0.2, 0.25) is 0 Å². The monoisotopic (exact) mass is 295 g/mol. The van der Waals surface area contributed by atoms with Crippen molar-refractivity contribution in [2.75, 3.05) is 7.11 Å². The van der Waals surface area contributed by atoms with Crippen LogP contribution in [0.15, 0.2) is 23.6 Å². The highest BCUT2D eigenvalue weighted by molar-refractivity contribution is 7.99. The number of rotatable bonds is 5. The maximum atomic E-state index is 12.1. The van der Waals surface area contributed by atoms with Gasteiger partial charge < -0.3 is 4.74 Å². The van der Waals surface area contributed by atoms with Crippen LogP contribution in [0, 0.1) is 0 Å². The molecule has 1 aliphatic rings. The van der Waals surface area contributed by atoms with Crippen molar-refractivity contribution in [3.8, 4) is 0 Å². The number of esters is 1. The van der Waals surface area contributed by atoms with Crippen LogP contribution in [0.4, 0.5) is 0 Å². The summed E-state index contributed by atoms with van der Waals surface area (Å²) in [6.07, 6.45) is 5.98. The fraction of sp³-hybridized carbons (Fsp3) is 0.643. The zero-order chi connectivity index (χ0) is 14.6. The molecule has 0 aliphatic heterocycles. The first-order chi connectivity index (χ1) is 9.55. The SMILES string of the molecule is COC(=O)C1(NC(C)C)CCC(Sc2ncccn2)C1. The van der Waals surface area contributed by atoms with E-state index in [2.05, 4.69) is 15.3 Å². The lowest BCUT2D eigenvalue weighted by Gasteiger charge is -2.30. The van der Waals surface area contributed by atoms with Crippen molar-refractivity contribution in [2.45, 2.75) is 55.1 Å². The quantitative estimate of drug-likeness (QED) is 0.662. The predicted octanol–water partition coefficient (Wildman–Crippen LogP) is 2.03. The molecule has 2 atom stereocenters. The third-order valence-electron chi connectivity index (χ3n) is 3.42. The minimum Gasteiger partial charge on any atom is -0.468 e. The Kier molecular flexibility index (Phi) is 4.99. The molecule has 0 saturated heterocycles. The van der Waals surface area contributed by atoms with Gasteiger partial charge in [0.25, 0.3) is 0 Å². The highest BCUT2D eigenvalue weighted by Gasteiger charge is 2.46. The Morgan fingerprint density at radius 3 is 2.80 bits per heavy atom. The minimum absolute atomic E-state index is 0.164. The molecule has 0 bridgehead atoms. The second-order valence-electron chi connectivity index (χ2n) is 5.39. The van der Waals surface area contributed by atoms with Crippen LogP contribution in [0.2, 0.25) is 0 Å². The van der Waals surface area contributed by atoms with Crippen molar-refractivity contribution < 1.29 is 9.53 Å². The predicted molar refractivity (Wildman–Crippen MR) is 78.5 cm³/mol. The van der Waals surface area contributed by atoms with E-state index in [0.29, 0.717) is 5.25 Å². The normalized spacial score (nSPS) is 25.9. The molecule has 5 nitrogen and oxygen atoms in total. The molecule has 1 fully saturated rings. The first kappa shape index (κ1) is 15.3. The lowest BCUT2D eigenvalue weighted by molar-refractivity contribution is -0.148. The molecular formula is C14H21N3O2S. The zero-order valence-electron chi connectivity index (χ0n) is 12.1. The molecule has 110 valence electrons. The van der Waals surface area contributed by atoms with E-state index < -0.39 is 5.54 Å². The van der Waals surface area contributed by atoms with Gasteiger partial charge in [-0.25, -0.2) is 9.97 Å². The number of carbonyl (C=O) groups is 1. The molecule has 1 aromatic rings. The van der Waals surface area contributed by atoms with Gasteiger partial charge in [-0.1, -0.05) is 11.8 Å². The standard InChI is InChI=1S/C14H21N3O2S/c1-10(2)17-14(12(18)19-3)6-5-11(9-14)20-13-15-7-4-8-16-13/h4,7-8,10-11,17H,5-6,9H2,1-3H3. The average Bonchev–Trinajstić information content (AvgIpc) is 2.82. The summed E-state index contributed by atoms with van der Waals surface area (Å²) in [5.74, 6) is -0.164. The number of ether oxygens (including phenoxy) is 1. The third-order valence-corrected chi connectivity index (χ3v) is 4.58. The van der Waals surface area contributed by atoms with Crippen molar-refractivity contribution >= 4 is 17.7 Å². The van der Waals surface area contributed by atoms with Crippen molar-refractivity contribution in [1.82, 2.24) is 15.3 Å². The largest absolute Gasteiger partial charge is 0.468 e. The van der Waals surface area contributed by atoms with Crippen LogP contribution in [-0.2, 0) is 9.53 Å². The summed E-state index contributed by atoms with van der Waals surface area (Å²) >= 11 is 1.64. The lowest BCUT2D eigenvalue weighted by atomic mass is 9.97. The van der Waals surface area contributed by atoms with Gasteiger partial charge >= 0.3 is 5.97 Å². The van der Waals surface area contributed by atoms with Gasteiger partial charge in [0.05, 0.1) is 7.11 Å². The fourth-order valence-electron chi connectivity index (χ4n) is 2.72. The number of carbonyl (C=O) groups excluding carboxylic acids is 1. The van der Waals surface area contributed by atoms with E-state index in [1.54, 1.807) is 30.2 Å². The van der Waals surface area contributed by atoms with Crippen LogP contribution < -0.4 is 5.32 Å². The highest BCUT2D eigenvalue weighted by atomic mass is 32.2. The second-order valence-corrected chi connectivity index (χ2v) is 6.65. The van der Waals surface area contributed by atoms with Gasteiger partial charge in [0.1, 0.15) is 5.54 Å². The summed E-state index contributed by atoms with van der Waals surface area (Å²) in [6, 6.07) is 2.04. The number of hydrogen-bond acceptors (Lipinski definition) is 6. The molecule has 2 rings (SSSR count). The maximum Gasteiger partial charge on any atom is 0.326 e. The van der Waals surface area contributed by atoms with Crippen molar-refractivity contribution in [1.29, 1.82) is 0 Å². The number of nitrogens with one attached hydrogen (secondary N) is 1. The number of nitrogens with zero attached hydrogens (tertiary/aromatic N) is 2. The van der Waals surface area contributed by atoms with Crippen molar-refractivity contribution in [3.63, 3.8) is 0 Å². The maximum absolute atomic E-state index is 12.1. The molecule has 1 saturated carbocycles. The lowest BCUT2D eigenvalue weighted by Crippen LogP contribution is -2.53. The number of thioether (sulfide) groups is 1. The molecule has 6 heteroatoms. The molecule has 1 aliphatic carbocycles. The molecule has 2 unspecified atom stereocenters. The number of hydrogen-bond donors (Lipinski definition) is 1. The summed E-state index contributed by atoms with van der Waals surface area (Å²) in [4.78, 5) is 20.6. The Bertz CT molecular complexity index is 455. The molecule has 0 aromatic carbocycles. The molecule has 1 heterocycles. The molecule has 1 aromatic heterocycles. The topological polar surface area (TPSA) is 64.1 Å². The zero-order valence-corrected chi connectivity index (χ0v) is 12.9. The van der Waals surface area contributed by atoms with Gasteiger partial charge in [0.15, 0.2) is 5.16 Å². The Morgan fingerprint density at radius 2 is 2.20 bits per heavy atom. The van der Waals surface area contributed by atoms with Crippen molar-refractivity contribution in [3.05, 3.63) is 18.5 Å². The molecule has 0 amide bonds. The van der Waals surface area contributed by atoms with Crippen LogP contribution in [0.5, 0.6) is 0 Å². The molecule has 0 radical (unpaired) electrons. The van der Waals surface area contributed by atoms with Gasteiger partial charge in [-0.15, -0.1) is 0 Å². The second kappa shape index (κ2) is 6.54. The average molecular weight is 295 g/mol. The summed E-state index contributed by atoms with van der Waals surface area (Å²) < 4.78 is 4.99. The fourth-order valence-corrected chi connectivity index (χ4v) is 3.86. The van der Waals surface area contributed by atoms with Gasteiger partial charge in [-0.05, 0) is 39.2 Å². The number of aromatic nitrogens is 2. The summed E-state index contributed by atoms with van der Waals surface area (Å²) in [7, 11) is 1.45. The van der Waals surface area contributed by atoms with Crippen LogP contribution in [0.3, 0.4) is 0 Å². The van der Waals surface area contributed by atoms with E-state index in [1.807, 2.05) is 13.8 Å². The first-order valence-corrected chi connectivity index (χ1v) is 7.73. The van der Waals surface area contributed by atoms with Crippen LogP contribution >= 0.6 is 11.8 Å². The Labute approximate surface area is 123 Å². The van der Waals surface area contributed by atoms with Gasteiger partial charge in [0, 0.05) is 23.7 Å². The Balaban J connectivity index is 2.05. The summed E-state index contributed by atoms with van der Waals surface area (Å²) in [5.41, 5.74) is -0.560. The van der Waals surface area contributed by atoms with E-state index in [9.17, 15) is 4.79 Å². The summed E-state index contributed by atoms with van der Waals surface area (Å²) in [5, 5.41) is 4.50. The van der Waals surface area contributed by atoms with Crippen LogP contribution in [0.1, 0.15) is 33.1 Å². The van der Waals surface area contributed by atoms with Gasteiger partial charge in [-0.3, -0.25) is 10.1 Å². The van der Waals surface area contributed by atoms with E-state index in [1.165, 1.54) is 7.11 Å². The van der Waals surface area contributed by atoms with Crippen LogP contribution in [-0.4, -0.2) is 39.9 Å². The number of methoxy groups -OCH3 is 1. The smallest absolute Gasteiger partial charge is 0.326 e. The van der Waals surface area contributed by atoms with Crippen molar-refractivity contribution in [2.24, 2.45) is 0 Å². The molecule has 0 spiro atoms. The third kappa shape index (κ3) is 3.49. The van der Waals surface area contributed by atoms with E-state index in [-0.39, 0.29) is 12.0 Å². The Morgan fingerprint density at radius 1 is 1.50 bits per heavy atom. The van der Waals surface area contributed by atoms with E-state index in [0.717, 1.165) is 24.4 Å². The molecule has 20 heavy (non-hydrogen) atoms. The summed E-state index contributed by atoms with van der Waals surface area (Å²) in [6.45, 7) is 4.09. The highest BCUT2D eigenvalue weighted by Crippen LogP contribution is 2.40. The minimum atomic E-state index is -0.560.